The van der Waals surface area contributed by atoms with Gasteiger partial charge in [-0.05, 0) is 24.3 Å². The van der Waals surface area contributed by atoms with Crippen molar-refractivity contribution in [1.82, 2.24) is 20.8 Å². The number of carbonyl (C=O) groups excluding carboxylic acids is 2. The van der Waals surface area contributed by atoms with Gasteiger partial charge in [0.05, 0.1) is 4.88 Å². The fraction of sp³-hybridized carbons (Fsp3) is 0.556. The molecule has 26 heavy (non-hydrogen) atoms. The Morgan fingerprint density at radius 1 is 1.19 bits per heavy atom. The van der Waals surface area contributed by atoms with Crippen LogP contribution < -0.4 is 10.6 Å². The highest BCUT2D eigenvalue weighted by atomic mass is 32.1. The van der Waals surface area contributed by atoms with Crippen LogP contribution in [0.1, 0.15) is 50.8 Å². The van der Waals surface area contributed by atoms with Gasteiger partial charge in [0.1, 0.15) is 0 Å². The smallest absolute Gasteiger partial charge is 0.227 e. The van der Waals surface area contributed by atoms with Crippen LogP contribution in [0, 0.1) is 0 Å². The minimum absolute atomic E-state index is 0.00897. The van der Waals surface area contributed by atoms with Crippen molar-refractivity contribution in [3.8, 4) is 10.7 Å². The van der Waals surface area contributed by atoms with Crippen LogP contribution in [-0.2, 0) is 16.0 Å². The highest BCUT2D eigenvalue weighted by Gasteiger charge is 2.16. The molecule has 2 aromatic rings. The molecule has 0 saturated heterocycles. The first-order chi connectivity index (χ1) is 12.7. The van der Waals surface area contributed by atoms with Gasteiger partial charge in [-0.2, -0.15) is 4.98 Å². The number of hydrogen-bond acceptors (Lipinski definition) is 6. The Morgan fingerprint density at radius 3 is 2.81 bits per heavy atom. The Kier molecular flexibility index (Phi) is 6.76. The summed E-state index contributed by atoms with van der Waals surface area (Å²) in [5.74, 6) is 0.884. The molecule has 0 unspecified atom stereocenters. The zero-order valence-corrected chi connectivity index (χ0v) is 15.5. The molecule has 0 spiro atoms. The summed E-state index contributed by atoms with van der Waals surface area (Å²) < 4.78 is 5.17. The van der Waals surface area contributed by atoms with Crippen molar-refractivity contribution >= 4 is 23.2 Å². The summed E-state index contributed by atoms with van der Waals surface area (Å²) in [5.41, 5.74) is 0. The van der Waals surface area contributed by atoms with Crippen molar-refractivity contribution in [2.45, 2.75) is 57.4 Å². The molecule has 1 aliphatic carbocycles. The van der Waals surface area contributed by atoms with Crippen LogP contribution in [0.3, 0.4) is 0 Å². The lowest BCUT2D eigenvalue weighted by Gasteiger charge is -2.22. The van der Waals surface area contributed by atoms with Crippen LogP contribution in [0.2, 0.25) is 0 Å². The maximum Gasteiger partial charge on any atom is 0.227 e. The fourth-order valence-corrected chi connectivity index (χ4v) is 3.68. The van der Waals surface area contributed by atoms with Gasteiger partial charge < -0.3 is 15.2 Å². The van der Waals surface area contributed by atoms with Gasteiger partial charge in [0.15, 0.2) is 0 Å². The van der Waals surface area contributed by atoms with Gasteiger partial charge in [0, 0.05) is 31.8 Å². The molecule has 2 aromatic heterocycles. The average Bonchev–Trinajstić information content (AvgIpc) is 3.32. The molecule has 2 amide bonds. The van der Waals surface area contributed by atoms with Gasteiger partial charge in [-0.1, -0.05) is 30.5 Å². The van der Waals surface area contributed by atoms with E-state index in [0.29, 0.717) is 37.1 Å². The van der Waals surface area contributed by atoms with E-state index in [1.165, 1.54) is 30.6 Å². The van der Waals surface area contributed by atoms with E-state index >= 15 is 0 Å². The molecule has 0 aromatic carbocycles. The van der Waals surface area contributed by atoms with Crippen molar-refractivity contribution in [1.29, 1.82) is 0 Å². The van der Waals surface area contributed by atoms with Gasteiger partial charge >= 0.3 is 0 Å². The topological polar surface area (TPSA) is 97.1 Å². The third-order valence-electron chi connectivity index (χ3n) is 4.42. The van der Waals surface area contributed by atoms with Crippen molar-refractivity contribution in [2.75, 3.05) is 6.54 Å². The molecule has 1 fully saturated rings. The summed E-state index contributed by atoms with van der Waals surface area (Å²) in [4.78, 5) is 29.0. The lowest BCUT2D eigenvalue weighted by atomic mass is 9.95. The lowest BCUT2D eigenvalue weighted by Crippen LogP contribution is -2.38. The molecule has 7 nitrogen and oxygen atoms in total. The highest BCUT2D eigenvalue weighted by molar-refractivity contribution is 7.13. The lowest BCUT2D eigenvalue weighted by molar-refractivity contribution is -0.122. The number of nitrogens with zero attached hydrogens (tertiary/aromatic N) is 2. The van der Waals surface area contributed by atoms with Gasteiger partial charge in [0.25, 0.3) is 0 Å². The van der Waals surface area contributed by atoms with E-state index < -0.39 is 0 Å². The van der Waals surface area contributed by atoms with Gasteiger partial charge in [0.2, 0.25) is 23.5 Å². The number of aryl methyl sites for hydroxylation is 1. The van der Waals surface area contributed by atoms with Crippen LogP contribution in [0.4, 0.5) is 0 Å². The SMILES string of the molecule is O=C(CCc1nc(-c2cccs2)no1)NCCC(=O)NC1CCCCC1. The Hall–Kier alpha value is -2.22. The molecule has 1 saturated carbocycles. The summed E-state index contributed by atoms with van der Waals surface area (Å²) >= 11 is 1.54. The molecule has 2 N–H and O–H groups in total. The van der Waals surface area contributed by atoms with Crippen molar-refractivity contribution in [3.05, 3.63) is 23.4 Å². The third kappa shape index (κ3) is 5.66. The van der Waals surface area contributed by atoms with Crippen LogP contribution in [-0.4, -0.2) is 34.5 Å². The summed E-state index contributed by atoms with van der Waals surface area (Å²) in [6.07, 6.45) is 6.72. The van der Waals surface area contributed by atoms with E-state index in [1.54, 1.807) is 0 Å². The second kappa shape index (κ2) is 9.47. The number of hydrogen-bond donors (Lipinski definition) is 2. The molecule has 140 valence electrons. The van der Waals surface area contributed by atoms with Gasteiger partial charge in [-0.25, -0.2) is 0 Å². The molecule has 0 bridgehead atoms. The molecule has 0 aliphatic heterocycles. The van der Waals surface area contributed by atoms with E-state index in [0.717, 1.165) is 17.7 Å². The largest absolute Gasteiger partial charge is 0.356 e. The maximum absolute atomic E-state index is 11.9. The van der Waals surface area contributed by atoms with E-state index in [1.807, 2.05) is 17.5 Å². The minimum atomic E-state index is -0.119. The zero-order chi connectivity index (χ0) is 18.2. The molecule has 8 heteroatoms. The summed E-state index contributed by atoms with van der Waals surface area (Å²) in [5, 5.41) is 11.7. The maximum atomic E-state index is 11.9. The van der Waals surface area contributed by atoms with E-state index in [9.17, 15) is 9.59 Å². The Morgan fingerprint density at radius 2 is 2.04 bits per heavy atom. The van der Waals surface area contributed by atoms with Crippen molar-refractivity contribution in [2.24, 2.45) is 0 Å². The first kappa shape index (κ1) is 18.6. The number of carbonyl (C=O) groups is 2. The summed E-state index contributed by atoms with van der Waals surface area (Å²) in [6, 6.07) is 4.15. The second-order valence-electron chi connectivity index (χ2n) is 6.49. The van der Waals surface area contributed by atoms with Crippen LogP contribution in [0.25, 0.3) is 10.7 Å². The molecule has 1 aliphatic rings. The zero-order valence-electron chi connectivity index (χ0n) is 14.7. The van der Waals surface area contributed by atoms with Crippen LogP contribution in [0.15, 0.2) is 22.0 Å². The standard InChI is InChI=1S/C18H24N4O3S/c23-15(19-11-10-16(24)20-13-5-2-1-3-6-13)8-9-17-21-18(22-25-17)14-7-4-12-26-14/h4,7,12-13H,1-3,5-6,8-11H2,(H,19,23)(H,20,24). The highest BCUT2D eigenvalue weighted by Crippen LogP contribution is 2.21. The minimum Gasteiger partial charge on any atom is -0.356 e. The molecule has 3 rings (SSSR count). The molecular weight excluding hydrogens is 352 g/mol. The predicted octanol–water partition coefficient (Wildman–Crippen LogP) is 2.69. The Balaban J connectivity index is 1.31. The van der Waals surface area contributed by atoms with Gasteiger partial charge in [-0.15, -0.1) is 11.3 Å². The first-order valence-corrected chi connectivity index (χ1v) is 10.0. The van der Waals surface area contributed by atoms with Crippen LogP contribution >= 0.6 is 11.3 Å². The molecule has 0 radical (unpaired) electrons. The van der Waals surface area contributed by atoms with Crippen molar-refractivity contribution < 1.29 is 14.1 Å². The predicted molar refractivity (Wildman–Crippen MR) is 98.6 cm³/mol. The Labute approximate surface area is 156 Å². The second-order valence-corrected chi connectivity index (χ2v) is 7.44. The summed E-state index contributed by atoms with van der Waals surface area (Å²) in [6.45, 7) is 0.349. The molecule has 0 atom stereocenters. The van der Waals surface area contributed by atoms with Gasteiger partial charge in [-0.3, -0.25) is 9.59 Å². The summed E-state index contributed by atoms with van der Waals surface area (Å²) in [7, 11) is 0. The van der Waals surface area contributed by atoms with Crippen LogP contribution in [0.5, 0.6) is 0 Å². The number of amides is 2. The first-order valence-electron chi connectivity index (χ1n) is 9.13. The number of aromatic nitrogens is 2. The molecular formula is C18H24N4O3S. The Bertz CT molecular complexity index is 708. The molecule has 2 heterocycles. The third-order valence-corrected chi connectivity index (χ3v) is 5.29. The van der Waals surface area contributed by atoms with Crippen molar-refractivity contribution in [3.63, 3.8) is 0 Å². The number of thiophene rings is 1. The normalized spacial score (nSPS) is 14.9. The van der Waals surface area contributed by atoms with E-state index in [2.05, 4.69) is 20.8 Å². The monoisotopic (exact) mass is 376 g/mol. The number of rotatable bonds is 8. The fourth-order valence-electron chi connectivity index (χ4n) is 3.03. The average molecular weight is 376 g/mol. The quantitative estimate of drug-likeness (QED) is 0.738. The number of nitrogens with one attached hydrogen (secondary N) is 2. The van der Waals surface area contributed by atoms with E-state index in [4.69, 9.17) is 4.52 Å². The van der Waals surface area contributed by atoms with E-state index in [-0.39, 0.29) is 18.2 Å².